The lowest BCUT2D eigenvalue weighted by Gasteiger charge is -2.33. The van der Waals surface area contributed by atoms with E-state index in [2.05, 4.69) is 17.2 Å². The summed E-state index contributed by atoms with van der Waals surface area (Å²) in [7, 11) is 1.41. The molecule has 24 heavy (non-hydrogen) atoms. The van der Waals surface area contributed by atoms with E-state index in [1.54, 1.807) is 12.1 Å². The molecule has 1 aromatic heterocycles. The number of hydrogen-bond acceptors (Lipinski definition) is 3. The molecule has 2 aromatic rings. The number of aromatic amines is 1. The summed E-state index contributed by atoms with van der Waals surface area (Å²) in [6.07, 6.45) is 2.32. The molecule has 3 atom stereocenters. The summed E-state index contributed by atoms with van der Waals surface area (Å²) < 4.78 is 4.84. The number of H-pyrrole nitrogens is 1. The molecular formula is C18H21ClN2O3. The van der Waals surface area contributed by atoms with Crippen LogP contribution in [0.15, 0.2) is 24.3 Å². The van der Waals surface area contributed by atoms with Crippen LogP contribution in [-0.2, 0) is 9.53 Å². The fraction of sp³-hybridized carbons (Fsp3) is 0.444. The van der Waals surface area contributed by atoms with Crippen molar-refractivity contribution in [1.82, 2.24) is 10.3 Å². The average molecular weight is 349 g/mol. The number of esters is 1. The second kappa shape index (κ2) is 6.85. The van der Waals surface area contributed by atoms with Gasteiger partial charge >= 0.3 is 5.97 Å². The number of rotatable bonds is 3. The molecule has 1 aliphatic rings. The van der Waals surface area contributed by atoms with E-state index in [1.807, 2.05) is 12.1 Å². The number of fused-ring (bicyclic) bond motifs is 1. The first-order chi connectivity index (χ1) is 11.5. The van der Waals surface area contributed by atoms with Gasteiger partial charge < -0.3 is 15.0 Å². The van der Waals surface area contributed by atoms with Crippen molar-refractivity contribution < 1.29 is 14.3 Å². The van der Waals surface area contributed by atoms with E-state index >= 15 is 0 Å². The Kier molecular flexibility index (Phi) is 4.81. The number of halogens is 1. The number of benzene rings is 1. The number of ether oxygens (including phenoxy) is 1. The van der Waals surface area contributed by atoms with Gasteiger partial charge in [-0.15, -0.1) is 0 Å². The standard InChI is InChI=1S/C18H21ClN2O3/c1-10-3-4-11(18(23)24-2)8-15(10)21-17(22)16-9-12-7-13(19)5-6-14(12)20-16/h5-7,9-11,15,20H,3-4,8H2,1-2H3,(H,21,22)/t10-,11+,15+/m1/s1. The largest absolute Gasteiger partial charge is 0.469 e. The number of carbonyl (C=O) groups is 2. The molecular weight excluding hydrogens is 328 g/mol. The molecule has 2 N–H and O–H groups in total. The maximum Gasteiger partial charge on any atom is 0.308 e. The van der Waals surface area contributed by atoms with Gasteiger partial charge in [0.2, 0.25) is 0 Å². The van der Waals surface area contributed by atoms with E-state index in [-0.39, 0.29) is 23.8 Å². The monoisotopic (exact) mass is 348 g/mol. The lowest BCUT2D eigenvalue weighted by molar-refractivity contribution is -0.147. The molecule has 1 aromatic carbocycles. The maximum atomic E-state index is 12.6. The highest BCUT2D eigenvalue weighted by atomic mass is 35.5. The van der Waals surface area contributed by atoms with E-state index in [1.165, 1.54) is 7.11 Å². The first-order valence-electron chi connectivity index (χ1n) is 8.15. The van der Waals surface area contributed by atoms with Crippen molar-refractivity contribution in [2.45, 2.75) is 32.2 Å². The molecule has 1 amide bonds. The van der Waals surface area contributed by atoms with Crippen molar-refractivity contribution in [1.29, 1.82) is 0 Å². The van der Waals surface area contributed by atoms with Crippen LogP contribution in [-0.4, -0.2) is 30.0 Å². The van der Waals surface area contributed by atoms with Crippen molar-refractivity contribution in [2.24, 2.45) is 11.8 Å². The van der Waals surface area contributed by atoms with E-state index in [0.717, 1.165) is 23.7 Å². The molecule has 0 unspecified atom stereocenters. The topological polar surface area (TPSA) is 71.2 Å². The highest BCUT2D eigenvalue weighted by Gasteiger charge is 2.33. The van der Waals surface area contributed by atoms with E-state index < -0.39 is 0 Å². The fourth-order valence-corrected chi connectivity index (χ4v) is 3.56. The minimum Gasteiger partial charge on any atom is -0.469 e. The van der Waals surface area contributed by atoms with Crippen LogP contribution in [0.3, 0.4) is 0 Å². The third-order valence-electron chi connectivity index (χ3n) is 4.87. The molecule has 128 valence electrons. The number of aromatic nitrogens is 1. The van der Waals surface area contributed by atoms with Crippen molar-refractivity contribution in [3.05, 3.63) is 35.0 Å². The summed E-state index contributed by atoms with van der Waals surface area (Å²) in [5.41, 5.74) is 1.37. The molecule has 1 aliphatic carbocycles. The van der Waals surface area contributed by atoms with Crippen LogP contribution < -0.4 is 5.32 Å². The highest BCUT2D eigenvalue weighted by molar-refractivity contribution is 6.31. The van der Waals surface area contributed by atoms with Crippen LogP contribution >= 0.6 is 11.6 Å². The molecule has 0 aliphatic heterocycles. The summed E-state index contributed by atoms with van der Waals surface area (Å²) in [4.78, 5) is 27.4. The molecule has 1 heterocycles. The van der Waals surface area contributed by atoms with Gasteiger partial charge in [0.25, 0.3) is 5.91 Å². The molecule has 5 nitrogen and oxygen atoms in total. The van der Waals surface area contributed by atoms with Crippen molar-refractivity contribution in [3.63, 3.8) is 0 Å². The van der Waals surface area contributed by atoms with Crippen LogP contribution in [0, 0.1) is 11.8 Å². The molecule has 3 rings (SSSR count). The zero-order valence-corrected chi connectivity index (χ0v) is 14.5. The van der Waals surface area contributed by atoms with Crippen LogP contribution in [0.5, 0.6) is 0 Å². The van der Waals surface area contributed by atoms with Crippen molar-refractivity contribution in [2.75, 3.05) is 7.11 Å². The number of nitrogens with one attached hydrogen (secondary N) is 2. The van der Waals surface area contributed by atoms with Crippen LogP contribution in [0.2, 0.25) is 5.02 Å². The van der Waals surface area contributed by atoms with Crippen LogP contribution in [0.1, 0.15) is 36.7 Å². The summed E-state index contributed by atoms with van der Waals surface area (Å²) in [6, 6.07) is 7.21. The Hall–Kier alpha value is -2.01. The summed E-state index contributed by atoms with van der Waals surface area (Å²) >= 11 is 5.98. The third-order valence-corrected chi connectivity index (χ3v) is 5.11. The van der Waals surface area contributed by atoms with Crippen LogP contribution in [0.4, 0.5) is 0 Å². The van der Waals surface area contributed by atoms with E-state index in [0.29, 0.717) is 23.1 Å². The van der Waals surface area contributed by atoms with Gasteiger partial charge in [0.1, 0.15) is 5.69 Å². The second-order valence-corrected chi connectivity index (χ2v) is 6.94. The predicted molar refractivity (Wildman–Crippen MR) is 93.1 cm³/mol. The normalized spacial score (nSPS) is 23.9. The first-order valence-corrected chi connectivity index (χ1v) is 8.52. The van der Waals surface area contributed by atoms with Gasteiger partial charge in [-0.2, -0.15) is 0 Å². The van der Waals surface area contributed by atoms with Crippen molar-refractivity contribution >= 4 is 34.4 Å². The Labute approximate surface area is 145 Å². The number of hydrogen-bond donors (Lipinski definition) is 2. The Morgan fingerprint density at radius 2 is 2.08 bits per heavy atom. The lowest BCUT2D eigenvalue weighted by Crippen LogP contribution is -2.44. The zero-order valence-electron chi connectivity index (χ0n) is 13.8. The van der Waals surface area contributed by atoms with E-state index in [9.17, 15) is 9.59 Å². The molecule has 0 saturated heterocycles. The maximum absolute atomic E-state index is 12.6. The van der Waals surface area contributed by atoms with Gasteiger partial charge in [-0.1, -0.05) is 18.5 Å². The first kappa shape index (κ1) is 16.8. The SMILES string of the molecule is COC(=O)[C@H]1CC[C@@H](C)[C@@H](NC(=O)c2cc3cc(Cl)ccc3[nH]2)C1. The second-order valence-electron chi connectivity index (χ2n) is 6.50. The Morgan fingerprint density at radius 1 is 1.29 bits per heavy atom. The minimum absolute atomic E-state index is 0.0367. The molecule has 1 fully saturated rings. The van der Waals surface area contributed by atoms with E-state index in [4.69, 9.17) is 16.3 Å². The van der Waals surface area contributed by atoms with Gasteiger partial charge in [0, 0.05) is 22.0 Å². The fourth-order valence-electron chi connectivity index (χ4n) is 3.38. The Balaban J connectivity index is 1.73. The summed E-state index contributed by atoms with van der Waals surface area (Å²) in [5.74, 6) is -0.169. The van der Waals surface area contributed by atoms with Gasteiger partial charge in [-0.25, -0.2) is 0 Å². The third kappa shape index (κ3) is 3.41. The molecule has 1 saturated carbocycles. The van der Waals surface area contributed by atoms with Gasteiger partial charge in [0.15, 0.2) is 0 Å². The summed E-state index contributed by atoms with van der Waals surface area (Å²) in [6.45, 7) is 2.10. The quantitative estimate of drug-likeness (QED) is 0.833. The minimum atomic E-state index is -0.193. The highest BCUT2D eigenvalue weighted by Crippen LogP contribution is 2.30. The molecule has 0 radical (unpaired) electrons. The van der Waals surface area contributed by atoms with Gasteiger partial charge in [-0.3, -0.25) is 9.59 Å². The van der Waals surface area contributed by atoms with Gasteiger partial charge in [-0.05, 0) is 49.4 Å². The average Bonchev–Trinajstić information content (AvgIpc) is 2.99. The lowest BCUT2D eigenvalue weighted by atomic mass is 9.79. The Bertz CT molecular complexity index is 771. The number of carbonyl (C=O) groups excluding carboxylic acids is 2. The molecule has 0 spiro atoms. The number of methoxy groups -OCH3 is 1. The zero-order chi connectivity index (χ0) is 17.3. The smallest absolute Gasteiger partial charge is 0.308 e. The van der Waals surface area contributed by atoms with Crippen molar-refractivity contribution in [3.8, 4) is 0 Å². The summed E-state index contributed by atoms with van der Waals surface area (Å²) in [5, 5.41) is 4.59. The molecule has 6 heteroatoms. The predicted octanol–water partition coefficient (Wildman–Crippen LogP) is 3.53. The molecule has 0 bridgehead atoms. The number of amides is 1. The Morgan fingerprint density at radius 3 is 2.83 bits per heavy atom. The van der Waals surface area contributed by atoms with Crippen LogP contribution in [0.25, 0.3) is 10.9 Å². The van der Waals surface area contributed by atoms with Gasteiger partial charge in [0.05, 0.1) is 13.0 Å².